The molecule has 0 aromatic heterocycles. The van der Waals surface area contributed by atoms with Gasteiger partial charge >= 0.3 is 47.8 Å². The molecule has 556 valence electrons. The Morgan fingerprint density at radius 3 is 0.860 bits per heavy atom. The van der Waals surface area contributed by atoms with Crippen molar-refractivity contribution in [1.82, 2.24) is 0 Å². The Morgan fingerprint density at radius 2 is 0.551 bits per heavy atom. The Labute approximate surface area is 614 Å². The molecule has 17 atom stereocenters. The van der Waals surface area contributed by atoms with Crippen LogP contribution in [-0.2, 0) is 85.3 Å². The highest BCUT2D eigenvalue weighted by molar-refractivity contribution is 5.93. The summed E-state index contributed by atoms with van der Waals surface area (Å²) >= 11 is 0. The first-order chi connectivity index (χ1) is 51.9. The van der Waals surface area contributed by atoms with Crippen LogP contribution >= 0.6 is 0 Å². The molecule has 4 aliphatic rings. The van der Waals surface area contributed by atoms with Gasteiger partial charge in [0.05, 0.1) is 51.1 Å². The second-order valence-electron chi connectivity index (χ2n) is 25.1. The smallest absolute Gasteiger partial charge is 0.338 e. The summed E-state index contributed by atoms with van der Waals surface area (Å²) in [4.78, 5) is 115. The number of rotatable bonds is 26. The van der Waals surface area contributed by atoms with Crippen LogP contribution in [0.1, 0.15) is 96.7 Å². The fraction of sp³-hybridized carbons (Fsp3) is 0.309. The van der Waals surface area contributed by atoms with E-state index in [1.165, 1.54) is 132 Å². The average molecular weight is 1470 g/mol. The topological polar surface area (TPSA) is 303 Å². The maximum atomic E-state index is 14.7. The van der Waals surface area contributed by atoms with Crippen molar-refractivity contribution in [2.24, 2.45) is 0 Å². The highest BCUT2D eigenvalue weighted by Crippen LogP contribution is 2.46. The van der Waals surface area contributed by atoms with Crippen LogP contribution in [0.3, 0.4) is 0 Å². The van der Waals surface area contributed by atoms with Crippen LogP contribution in [0.2, 0.25) is 0 Å². The van der Waals surface area contributed by atoms with Crippen LogP contribution in [0.5, 0.6) is 0 Å². The third-order valence-corrected chi connectivity index (χ3v) is 18.3. The molecule has 0 amide bonds. The number of methoxy groups -OCH3 is 3. The Morgan fingerprint density at radius 1 is 0.290 bits per heavy atom. The fourth-order valence-corrected chi connectivity index (χ4v) is 12.5. The summed E-state index contributed by atoms with van der Waals surface area (Å²) in [5, 5.41) is 0. The first kappa shape index (κ1) is 75.8. The Kier molecular flexibility index (Phi) is 24.8. The highest BCUT2D eigenvalue weighted by atomic mass is 16.8. The van der Waals surface area contributed by atoms with Crippen LogP contribution in [0.4, 0.5) is 0 Å². The van der Waals surface area contributed by atoms with Gasteiger partial charge in [-0.1, -0.05) is 146 Å². The lowest BCUT2D eigenvalue weighted by Crippen LogP contribution is -2.74. The zero-order chi connectivity index (χ0) is 75.0. The first-order valence-corrected chi connectivity index (χ1v) is 34.2. The van der Waals surface area contributed by atoms with E-state index in [0.29, 0.717) is 0 Å². The van der Waals surface area contributed by atoms with E-state index >= 15 is 0 Å². The number of carbonyl (C=O) groups is 8. The van der Waals surface area contributed by atoms with Crippen LogP contribution < -0.4 is 0 Å². The van der Waals surface area contributed by atoms with Crippen molar-refractivity contribution < 1.29 is 124 Å². The lowest BCUT2D eigenvalue weighted by Gasteiger charge is -2.57. The number of benzene rings is 8. The number of esters is 8. The van der Waals surface area contributed by atoms with Crippen molar-refractivity contribution in [2.75, 3.05) is 41.2 Å². The summed E-state index contributed by atoms with van der Waals surface area (Å²) in [6, 6.07) is 62.7. The monoisotopic (exact) mass is 1460 g/mol. The molecule has 0 N–H and O–H groups in total. The molecule has 0 saturated carbocycles. The molecule has 0 radical (unpaired) electrons. The third-order valence-electron chi connectivity index (χ3n) is 18.3. The Bertz CT molecular complexity index is 4300. The van der Waals surface area contributed by atoms with E-state index in [9.17, 15) is 38.4 Å². The Balaban J connectivity index is 0.940. The molecule has 4 aliphatic heterocycles. The van der Waals surface area contributed by atoms with E-state index in [2.05, 4.69) is 0 Å². The van der Waals surface area contributed by atoms with Gasteiger partial charge in [-0.3, -0.25) is 0 Å². The predicted octanol–water partition coefficient (Wildman–Crippen LogP) is 9.79. The van der Waals surface area contributed by atoms with Crippen molar-refractivity contribution >= 4 is 47.8 Å². The van der Waals surface area contributed by atoms with Crippen LogP contribution in [-0.4, -0.2) is 193 Å². The quantitative estimate of drug-likeness (QED) is 0.0359. The van der Waals surface area contributed by atoms with Crippen LogP contribution in [0.25, 0.3) is 0 Å². The molecule has 0 spiro atoms. The highest BCUT2D eigenvalue weighted by Gasteiger charge is 2.65. The van der Waals surface area contributed by atoms with Crippen molar-refractivity contribution in [1.29, 1.82) is 0 Å². The molecule has 12 rings (SSSR count). The zero-order valence-electron chi connectivity index (χ0n) is 58.5. The molecular formula is C81H76O26. The molecule has 0 bridgehead atoms. The van der Waals surface area contributed by atoms with E-state index in [1.807, 2.05) is 0 Å². The Hall–Kier alpha value is -10.9. The van der Waals surface area contributed by atoms with Gasteiger partial charge in [0.25, 0.3) is 0 Å². The normalized spacial score (nSPS) is 27.3. The van der Waals surface area contributed by atoms with E-state index in [-0.39, 0.29) is 44.5 Å². The second kappa shape index (κ2) is 35.0. The minimum atomic E-state index is -1.99. The molecule has 26 heteroatoms. The molecule has 107 heavy (non-hydrogen) atoms. The zero-order valence-corrected chi connectivity index (χ0v) is 58.5. The summed E-state index contributed by atoms with van der Waals surface area (Å²) in [6.45, 7) is 0.935. The molecule has 26 nitrogen and oxygen atoms in total. The second-order valence-corrected chi connectivity index (χ2v) is 25.1. The number of hydrogen-bond donors (Lipinski definition) is 0. The maximum Gasteiger partial charge on any atom is 0.338 e. The molecular weight excluding hydrogens is 1390 g/mol. The predicted molar refractivity (Wildman–Crippen MR) is 372 cm³/mol. The van der Waals surface area contributed by atoms with E-state index in [1.54, 1.807) is 146 Å². The molecule has 4 fully saturated rings. The first-order valence-electron chi connectivity index (χ1n) is 34.2. The molecule has 8 aromatic rings. The van der Waals surface area contributed by atoms with Crippen LogP contribution in [0.15, 0.2) is 243 Å². The lowest BCUT2D eigenvalue weighted by molar-refractivity contribution is -0.487. The number of ether oxygens (including phenoxy) is 18. The van der Waals surface area contributed by atoms with Gasteiger partial charge in [-0.25, -0.2) is 38.4 Å². The summed E-state index contributed by atoms with van der Waals surface area (Å²) in [7, 11) is 3.92. The molecule has 8 aromatic carbocycles. The summed E-state index contributed by atoms with van der Waals surface area (Å²) in [6.07, 6.45) is -26.0. The number of carbonyl (C=O) groups excluding carboxylic acids is 8. The summed E-state index contributed by atoms with van der Waals surface area (Å²) < 4.78 is 117. The van der Waals surface area contributed by atoms with Crippen molar-refractivity contribution in [2.45, 2.75) is 118 Å². The van der Waals surface area contributed by atoms with E-state index < -0.39 is 171 Å². The third kappa shape index (κ3) is 17.8. The van der Waals surface area contributed by atoms with Crippen molar-refractivity contribution in [3.05, 3.63) is 287 Å². The van der Waals surface area contributed by atoms with E-state index in [0.717, 1.165) is 0 Å². The van der Waals surface area contributed by atoms with Gasteiger partial charge in [-0.2, -0.15) is 0 Å². The number of hydrogen-bond acceptors (Lipinski definition) is 26. The van der Waals surface area contributed by atoms with Gasteiger partial charge in [-0.05, 0) is 111 Å². The summed E-state index contributed by atoms with van der Waals surface area (Å²) in [5.74, 6) is -11.2. The minimum Gasteiger partial charge on any atom is -0.459 e. The molecule has 0 aliphatic carbocycles. The lowest BCUT2D eigenvalue weighted by atomic mass is 9.93. The minimum absolute atomic E-state index is 0.0106. The van der Waals surface area contributed by atoms with Crippen molar-refractivity contribution in [3.8, 4) is 0 Å². The molecule has 4 saturated heterocycles. The van der Waals surface area contributed by atoms with Gasteiger partial charge in [-0.15, -0.1) is 0 Å². The van der Waals surface area contributed by atoms with Crippen LogP contribution in [0, 0.1) is 0 Å². The number of fused-ring (bicyclic) bond motifs is 1. The van der Waals surface area contributed by atoms with Gasteiger partial charge in [0, 0.05) is 21.3 Å². The average Bonchev–Trinajstić information content (AvgIpc) is 0.729. The van der Waals surface area contributed by atoms with Gasteiger partial charge in [0.15, 0.2) is 55.5 Å². The summed E-state index contributed by atoms with van der Waals surface area (Å²) in [5.41, 5.74) is 0.458. The van der Waals surface area contributed by atoms with Crippen molar-refractivity contribution in [3.63, 3.8) is 0 Å². The molecule has 2 unspecified atom stereocenters. The fourth-order valence-electron chi connectivity index (χ4n) is 12.5. The largest absolute Gasteiger partial charge is 0.459 e. The van der Waals surface area contributed by atoms with Gasteiger partial charge in [0.2, 0.25) is 11.6 Å². The molecule has 4 heterocycles. The standard InChI is InChI=1S/C81H76O26/c1-80(91-4)81(2,92-5)107-65-62(106-80)59(48-95-78-66(103-75(88)55-42-26-12-27-43-55)63(101-73(86)53-38-22-10-23-39-53)60(99-71(84)51-34-18-8-19-35-51)57(97-78)46-93-69(82)49-30-14-6-15-31-49)96-77(90-3)68(65)105-79-67(104-76(89)56-44-28-13-29-45-56)64(102-74(87)54-40-24-11-25-41-54)61(100-72(85)52-36-20-9-21-37-52)58(98-79)47-94-70(83)50-32-16-7-17-33-50/h6-45,57-68,77-79H,46-48H2,1-5H3/t57-,58-,59-,60-,61-,62-,63+,64+,65+,66+,67+,68-,77+,78+,79-,80?,81?/m1/s1. The SMILES string of the molecule is CO[C@H]1O[C@H](CO[C@H]2O[C@H](COC(=O)c3ccccc3)[C@@H](OC(=O)c3ccccc3)[C@H](OC(=O)c3ccccc3)[C@@H]2OC(=O)c2ccccc2)[C@H]2OC(C)(OC)C(C)(OC)O[C@@H]2[C@H]1O[C@H]1O[C@H](COC(=O)c2ccccc2)[C@@H](OC(=O)c2ccccc2)[C@H](OC(=O)c2ccccc2)[C@@H]1OC(=O)c1ccccc1. The van der Waals surface area contributed by atoms with E-state index in [4.69, 9.17) is 85.3 Å². The van der Waals surface area contributed by atoms with Gasteiger partial charge in [0.1, 0.15) is 49.8 Å². The van der Waals surface area contributed by atoms with Gasteiger partial charge < -0.3 is 85.3 Å². The maximum absolute atomic E-state index is 14.7.